The monoisotopic (exact) mass is 478 g/mol. The van der Waals surface area contributed by atoms with Gasteiger partial charge >= 0.3 is 0 Å². The SMILES string of the molecule is CCc1nc(CN2CCN(C(=O)c3nc(CC)n(-c4c(Cl)cccc4Cl)n3)CC2)cs1. The van der Waals surface area contributed by atoms with Crippen LogP contribution < -0.4 is 0 Å². The minimum Gasteiger partial charge on any atom is -0.333 e. The van der Waals surface area contributed by atoms with E-state index in [1.807, 2.05) is 11.8 Å². The van der Waals surface area contributed by atoms with Crippen molar-refractivity contribution < 1.29 is 4.79 Å². The van der Waals surface area contributed by atoms with E-state index in [0.717, 1.165) is 36.8 Å². The first-order valence-electron chi connectivity index (χ1n) is 10.3. The Morgan fingerprint density at radius 1 is 1.06 bits per heavy atom. The van der Waals surface area contributed by atoms with Gasteiger partial charge in [0.2, 0.25) is 5.82 Å². The Morgan fingerprint density at radius 3 is 2.39 bits per heavy atom. The molecule has 0 aliphatic carbocycles. The summed E-state index contributed by atoms with van der Waals surface area (Å²) < 4.78 is 1.59. The van der Waals surface area contributed by atoms with E-state index < -0.39 is 0 Å². The molecule has 1 fully saturated rings. The van der Waals surface area contributed by atoms with Crippen molar-refractivity contribution in [3.05, 3.63) is 56.0 Å². The Balaban J connectivity index is 1.45. The molecule has 7 nitrogen and oxygen atoms in total. The van der Waals surface area contributed by atoms with Crippen LogP contribution in [0.1, 0.15) is 41.0 Å². The average molecular weight is 479 g/mol. The Morgan fingerprint density at radius 2 is 1.77 bits per heavy atom. The lowest BCUT2D eigenvalue weighted by Crippen LogP contribution is -2.48. The predicted octanol–water partition coefficient (Wildman–Crippen LogP) is 4.11. The second kappa shape index (κ2) is 9.65. The van der Waals surface area contributed by atoms with Gasteiger partial charge in [-0.2, -0.15) is 0 Å². The highest BCUT2D eigenvalue weighted by atomic mass is 35.5. The van der Waals surface area contributed by atoms with Crippen molar-refractivity contribution in [3.63, 3.8) is 0 Å². The molecule has 0 saturated carbocycles. The first-order chi connectivity index (χ1) is 15.0. The molecule has 164 valence electrons. The highest BCUT2D eigenvalue weighted by molar-refractivity contribution is 7.09. The lowest BCUT2D eigenvalue weighted by atomic mass is 10.3. The van der Waals surface area contributed by atoms with Gasteiger partial charge in [-0.3, -0.25) is 9.69 Å². The number of aromatic nitrogens is 4. The molecule has 3 heterocycles. The van der Waals surface area contributed by atoms with E-state index in [1.165, 1.54) is 0 Å². The second-order valence-electron chi connectivity index (χ2n) is 7.34. The number of thiazole rings is 1. The summed E-state index contributed by atoms with van der Waals surface area (Å²) in [6.07, 6.45) is 1.56. The maximum absolute atomic E-state index is 13.1. The van der Waals surface area contributed by atoms with Crippen molar-refractivity contribution in [2.45, 2.75) is 33.2 Å². The molecule has 1 aromatic carbocycles. The summed E-state index contributed by atoms with van der Waals surface area (Å²) in [5, 5.41) is 8.69. The number of hydrogen-bond acceptors (Lipinski definition) is 6. The third-order valence-corrected chi connectivity index (χ3v) is 6.93. The molecule has 0 bridgehead atoms. The average Bonchev–Trinajstić information content (AvgIpc) is 3.40. The van der Waals surface area contributed by atoms with E-state index in [0.29, 0.717) is 41.1 Å². The number of carbonyl (C=O) groups excluding carboxylic acids is 1. The minimum atomic E-state index is -0.168. The minimum absolute atomic E-state index is 0.168. The van der Waals surface area contributed by atoms with Gasteiger partial charge in [0.1, 0.15) is 11.5 Å². The van der Waals surface area contributed by atoms with Gasteiger partial charge in [-0.15, -0.1) is 16.4 Å². The third kappa shape index (κ3) is 4.77. The van der Waals surface area contributed by atoms with Gasteiger partial charge in [0.25, 0.3) is 5.91 Å². The number of hydrogen-bond donors (Lipinski definition) is 0. The fourth-order valence-electron chi connectivity index (χ4n) is 3.60. The number of para-hydroxylation sites is 1. The van der Waals surface area contributed by atoms with Crippen LogP contribution in [0.2, 0.25) is 10.0 Å². The molecule has 2 aromatic heterocycles. The summed E-state index contributed by atoms with van der Waals surface area (Å²) in [5.74, 6) is 0.652. The van der Waals surface area contributed by atoms with Gasteiger partial charge in [0.05, 0.1) is 20.7 Å². The van der Waals surface area contributed by atoms with Crippen LogP contribution in [-0.2, 0) is 19.4 Å². The summed E-state index contributed by atoms with van der Waals surface area (Å²) in [7, 11) is 0. The normalized spacial score (nSPS) is 14.9. The van der Waals surface area contributed by atoms with Crippen molar-refractivity contribution in [1.29, 1.82) is 0 Å². The Hall–Kier alpha value is -2.00. The fourth-order valence-corrected chi connectivity index (χ4v) is 4.89. The molecule has 1 aliphatic rings. The number of benzene rings is 1. The Bertz CT molecular complexity index is 1050. The number of rotatable bonds is 6. The van der Waals surface area contributed by atoms with E-state index in [4.69, 9.17) is 23.2 Å². The van der Waals surface area contributed by atoms with Gasteiger partial charge in [-0.05, 0) is 18.6 Å². The molecule has 1 amide bonds. The Kier molecular flexibility index (Phi) is 6.91. The van der Waals surface area contributed by atoms with Crippen molar-refractivity contribution in [1.82, 2.24) is 29.5 Å². The molecular weight excluding hydrogens is 455 g/mol. The lowest BCUT2D eigenvalue weighted by Gasteiger charge is -2.33. The van der Waals surface area contributed by atoms with Gasteiger partial charge in [-0.1, -0.05) is 43.1 Å². The van der Waals surface area contributed by atoms with E-state index in [9.17, 15) is 4.79 Å². The molecule has 0 N–H and O–H groups in total. The summed E-state index contributed by atoms with van der Waals surface area (Å²) in [5.41, 5.74) is 1.65. The molecule has 4 rings (SSSR count). The van der Waals surface area contributed by atoms with Crippen LogP contribution in [0, 0.1) is 0 Å². The zero-order valence-electron chi connectivity index (χ0n) is 17.5. The van der Waals surface area contributed by atoms with Crippen LogP contribution in [0.15, 0.2) is 23.6 Å². The topological polar surface area (TPSA) is 67.2 Å². The molecule has 1 saturated heterocycles. The Labute approximate surface area is 195 Å². The van der Waals surface area contributed by atoms with E-state index in [-0.39, 0.29) is 11.7 Å². The first kappa shape index (κ1) is 22.2. The molecular formula is C21H24Cl2N6OS. The van der Waals surface area contributed by atoms with Crippen LogP contribution in [0.5, 0.6) is 0 Å². The van der Waals surface area contributed by atoms with Crippen molar-refractivity contribution in [2.24, 2.45) is 0 Å². The number of halogens is 2. The van der Waals surface area contributed by atoms with Crippen LogP contribution in [-0.4, -0.2) is 61.6 Å². The molecule has 0 unspecified atom stereocenters. The summed E-state index contributed by atoms with van der Waals surface area (Å²) in [6, 6.07) is 5.27. The number of carbonyl (C=O) groups is 1. The second-order valence-corrected chi connectivity index (χ2v) is 9.10. The summed E-state index contributed by atoms with van der Waals surface area (Å²) in [6.45, 7) is 7.74. The van der Waals surface area contributed by atoms with Crippen molar-refractivity contribution >= 4 is 40.4 Å². The molecule has 10 heteroatoms. The maximum atomic E-state index is 13.1. The van der Waals surface area contributed by atoms with Crippen molar-refractivity contribution in [2.75, 3.05) is 26.2 Å². The number of piperazine rings is 1. The van der Waals surface area contributed by atoms with E-state index in [1.54, 1.807) is 34.2 Å². The summed E-state index contributed by atoms with van der Waals surface area (Å²) in [4.78, 5) is 26.3. The zero-order valence-corrected chi connectivity index (χ0v) is 19.8. The maximum Gasteiger partial charge on any atom is 0.293 e. The van der Waals surface area contributed by atoms with Gasteiger partial charge in [-0.25, -0.2) is 14.6 Å². The van der Waals surface area contributed by atoms with Gasteiger partial charge in [0.15, 0.2) is 0 Å². The highest BCUT2D eigenvalue weighted by Gasteiger charge is 2.27. The molecule has 1 aliphatic heterocycles. The predicted molar refractivity (Wildman–Crippen MR) is 123 cm³/mol. The molecule has 0 spiro atoms. The summed E-state index contributed by atoms with van der Waals surface area (Å²) >= 11 is 14.4. The third-order valence-electron chi connectivity index (χ3n) is 5.28. The van der Waals surface area contributed by atoms with Crippen LogP contribution in [0.25, 0.3) is 5.69 Å². The number of aryl methyl sites for hydroxylation is 2. The van der Waals surface area contributed by atoms with E-state index in [2.05, 4.69) is 32.3 Å². The van der Waals surface area contributed by atoms with E-state index >= 15 is 0 Å². The zero-order chi connectivity index (χ0) is 22.0. The quantitative estimate of drug-likeness (QED) is 0.532. The molecule has 0 atom stereocenters. The first-order valence-corrected chi connectivity index (χ1v) is 12.0. The molecule has 3 aromatic rings. The lowest BCUT2D eigenvalue weighted by molar-refractivity contribution is 0.0615. The largest absolute Gasteiger partial charge is 0.333 e. The number of nitrogens with zero attached hydrogens (tertiary/aromatic N) is 6. The van der Waals surface area contributed by atoms with Crippen LogP contribution in [0.4, 0.5) is 0 Å². The van der Waals surface area contributed by atoms with Crippen molar-refractivity contribution in [3.8, 4) is 5.69 Å². The highest BCUT2D eigenvalue weighted by Crippen LogP contribution is 2.29. The molecule has 0 radical (unpaired) electrons. The smallest absolute Gasteiger partial charge is 0.293 e. The fraction of sp³-hybridized carbons (Fsp3) is 0.429. The van der Waals surface area contributed by atoms with Crippen LogP contribution >= 0.6 is 34.5 Å². The van der Waals surface area contributed by atoms with Gasteiger partial charge < -0.3 is 4.90 Å². The standard InChI is InChI=1S/C21H24Cl2N6OS/c1-3-17-25-20(26-29(17)19-15(22)6-5-7-16(19)23)21(30)28-10-8-27(9-11-28)12-14-13-31-18(4-2)24-14/h5-7,13H,3-4,8-12H2,1-2H3. The number of amides is 1. The molecule has 31 heavy (non-hydrogen) atoms. The van der Waals surface area contributed by atoms with Crippen LogP contribution in [0.3, 0.4) is 0 Å². The van der Waals surface area contributed by atoms with Gasteiger partial charge in [0, 0.05) is 44.5 Å².